The predicted octanol–water partition coefficient (Wildman–Crippen LogP) is 1.28. The topological polar surface area (TPSA) is 103 Å². The van der Waals surface area contributed by atoms with Crippen LogP contribution in [0.4, 0.5) is 0 Å². The van der Waals surface area contributed by atoms with Gasteiger partial charge in [-0.2, -0.15) is 5.10 Å². The zero-order chi connectivity index (χ0) is 16.5. The van der Waals surface area contributed by atoms with Crippen LogP contribution < -0.4 is 10.6 Å². The molecule has 1 aromatic carbocycles. The van der Waals surface area contributed by atoms with Crippen LogP contribution in [0.25, 0.3) is 22.3 Å². The lowest BCUT2D eigenvalue weighted by Crippen LogP contribution is -2.48. The Bertz CT molecular complexity index is 884. The largest absolute Gasteiger partial charge is 0.508 e. The number of rotatable bonds is 4. The van der Waals surface area contributed by atoms with Crippen LogP contribution in [-0.2, 0) is 0 Å². The Morgan fingerprint density at radius 1 is 1.29 bits per heavy atom. The molecule has 24 heavy (non-hydrogen) atoms. The number of pyridine rings is 1. The summed E-state index contributed by atoms with van der Waals surface area (Å²) in [5.41, 5.74) is 2.59. The second kappa shape index (κ2) is 5.93. The first-order valence-corrected chi connectivity index (χ1v) is 7.83. The number of nitrogens with one attached hydrogen (secondary N) is 3. The predicted molar refractivity (Wildman–Crippen MR) is 89.7 cm³/mol. The van der Waals surface area contributed by atoms with Gasteiger partial charge in [-0.1, -0.05) is 0 Å². The summed E-state index contributed by atoms with van der Waals surface area (Å²) >= 11 is 0. The third-order valence-electron chi connectivity index (χ3n) is 4.25. The molecule has 2 aromatic heterocycles. The Morgan fingerprint density at radius 2 is 2.08 bits per heavy atom. The van der Waals surface area contributed by atoms with E-state index in [1.165, 1.54) is 0 Å². The van der Waals surface area contributed by atoms with Gasteiger partial charge in [0.15, 0.2) is 5.65 Å². The second-order valence-corrected chi connectivity index (χ2v) is 5.97. The minimum atomic E-state index is -0.129. The van der Waals surface area contributed by atoms with Gasteiger partial charge >= 0.3 is 0 Å². The van der Waals surface area contributed by atoms with Crippen LogP contribution in [0.1, 0.15) is 10.4 Å². The molecule has 0 saturated carbocycles. The van der Waals surface area contributed by atoms with E-state index in [1.54, 1.807) is 36.5 Å². The Labute approximate surface area is 138 Å². The standard InChI is InChI=1S/C17H17N5O2/c23-12-3-1-11(2-4-12)15-5-13(14-9-20-22-16(14)21-15)17(24)19-8-10-6-18-7-10/h1-5,9-10,18,23H,6-8H2,(H,19,24)(H,20,21,22). The van der Waals surface area contributed by atoms with Crippen LogP contribution in [0.2, 0.25) is 0 Å². The monoisotopic (exact) mass is 323 g/mol. The Balaban J connectivity index is 1.69. The molecular formula is C17H17N5O2. The number of carbonyl (C=O) groups is 1. The fraction of sp³-hybridized carbons (Fsp3) is 0.235. The van der Waals surface area contributed by atoms with Crippen molar-refractivity contribution in [2.75, 3.05) is 19.6 Å². The van der Waals surface area contributed by atoms with Gasteiger partial charge in [-0.05, 0) is 30.3 Å². The summed E-state index contributed by atoms with van der Waals surface area (Å²) in [7, 11) is 0. The van der Waals surface area contributed by atoms with Crippen LogP contribution in [0, 0.1) is 5.92 Å². The first-order chi connectivity index (χ1) is 11.7. The quantitative estimate of drug-likeness (QED) is 0.579. The number of phenols is 1. The minimum absolute atomic E-state index is 0.129. The average molecular weight is 323 g/mol. The molecule has 1 saturated heterocycles. The molecule has 7 nitrogen and oxygen atoms in total. The molecule has 122 valence electrons. The highest BCUT2D eigenvalue weighted by Crippen LogP contribution is 2.25. The molecule has 0 spiro atoms. The SMILES string of the molecule is O=C(NCC1CNC1)c1cc(-c2ccc(O)cc2)nc2[nH]ncc12. The van der Waals surface area contributed by atoms with Gasteiger partial charge < -0.3 is 15.7 Å². The summed E-state index contributed by atoms with van der Waals surface area (Å²) in [6, 6.07) is 8.48. The number of carbonyl (C=O) groups excluding carboxylic acids is 1. The summed E-state index contributed by atoms with van der Waals surface area (Å²) in [5.74, 6) is 0.552. The summed E-state index contributed by atoms with van der Waals surface area (Å²) in [6.07, 6.45) is 1.61. The van der Waals surface area contributed by atoms with E-state index < -0.39 is 0 Å². The van der Waals surface area contributed by atoms with Gasteiger partial charge in [-0.15, -0.1) is 0 Å². The Kier molecular flexibility index (Phi) is 3.62. The van der Waals surface area contributed by atoms with Crippen molar-refractivity contribution in [3.8, 4) is 17.0 Å². The molecule has 0 radical (unpaired) electrons. The van der Waals surface area contributed by atoms with Gasteiger partial charge in [0, 0.05) is 31.1 Å². The molecule has 4 N–H and O–H groups in total. The fourth-order valence-electron chi connectivity index (χ4n) is 2.72. The highest BCUT2D eigenvalue weighted by atomic mass is 16.3. The zero-order valence-corrected chi connectivity index (χ0v) is 12.9. The first-order valence-electron chi connectivity index (χ1n) is 7.83. The lowest BCUT2D eigenvalue weighted by molar-refractivity contribution is 0.0944. The number of H-pyrrole nitrogens is 1. The summed E-state index contributed by atoms with van der Waals surface area (Å²) < 4.78 is 0. The molecule has 0 bridgehead atoms. The van der Waals surface area contributed by atoms with E-state index in [-0.39, 0.29) is 11.7 Å². The van der Waals surface area contributed by atoms with E-state index in [9.17, 15) is 9.90 Å². The van der Waals surface area contributed by atoms with E-state index >= 15 is 0 Å². The van der Waals surface area contributed by atoms with Crippen LogP contribution in [-0.4, -0.2) is 45.8 Å². The summed E-state index contributed by atoms with van der Waals surface area (Å²) in [5, 5.41) is 23.1. The van der Waals surface area contributed by atoms with Gasteiger partial charge in [0.2, 0.25) is 0 Å². The minimum Gasteiger partial charge on any atom is -0.508 e. The van der Waals surface area contributed by atoms with Crippen molar-refractivity contribution < 1.29 is 9.90 Å². The number of aromatic hydroxyl groups is 1. The number of aromatic nitrogens is 3. The third kappa shape index (κ3) is 2.69. The molecule has 3 heterocycles. The number of amides is 1. The van der Waals surface area contributed by atoms with Gasteiger partial charge in [0.05, 0.1) is 22.8 Å². The molecule has 4 rings (SSSR count). The normalized spacial score (nSPS) is 14.5. The number of hydrogen-bond acceptors (Lipinski definition) is 5. The van der Waals surface area contributed by atoms with Crippen LogP contribution in [0.5, 0.6) is 5.75 Å². The molecule has 0 atom stereocenters. The molecule has 3 aromatic rings. The number of nitrogens with zero attached hydrogens (tertiary/aromatic N) is 2. The Morgan fingerprint density at radius 3 is 2.79 bits per heavy atom. The van der Waals surface area contributed by atoms with E-state index in [4.69, 9.17) is 0 Å². The number of hydrogen-bond donors (Lipinski definition) is 4. The van der Waals surface area contributed by atoms with E-state index in [0.29, 0.717) is 34.8 Å². The first kappa shape index (κ1) is 14.6. The summed E-state index contributed by atoms with van der Waals surface area (Å²) in [4.78, 5) is 17.1. The van der Waals surface area contributed by atoms with E-state index in [0.717, 1.165) is 18.7 Å². The van der Waals surface area contributed by atoms with Gasteiger partial charge in [-0.3, -0.25) is 9.89 Å². The van der Waals surface area contributed by atoms with Crippen molar-refractivity contribution in [3.63, 3.8) is 0 Å². The highest BCUT2D eigenvalue weighted by molar-refractivity contribution is 6.06. The van der Waals surface area contributed by atoms with E-state index in [2.05, 4.69) is 25.8 Å². The van der Waals surface area contributed by atoms with Crippen molar-refractivity contribution in [1.82, 2.24) is 25.8 Å². The van der Waals surface area contributed by atoms with E-state index in [1.807, 2.05) is 0 Å². The van der Waals surface area contributed by atoms with Crippen molar-refractivity contribution in [2.24, 2.45) is 5.92 Å². The number of fused-ring (bicyclic) bond motifs is 1. The fourth-order valence-corrected chi connectivity index (χ4v) is 2.72. The lowest BCUT2D eigenvalue weighted by atomic mass is 10.0. The van der Waals surface area contributed by atoms with Gasteiger partial charge in [0.1, 0.15) is 5.75 Å². The molecular weight excluding hydrogens is 306 g/mol. The third-order valence-corrected chi connectivity index (χ3v) is 4.25. The second-order valence-electron chi connectivity index (χ2n) is 5.97. The van der Waals surface area contributed by atoms with Crippen molar-refractivity contribution in [3.05, 3.63) is 42.1 Å². The molecule has 1 fully saturated rings. The maximum absolute atomic E-state index is 12.6. The smallest absolute Gasteiger partial charge is 0.252 e. The molecule has 0 unspecified atom stereocenters. The summed E-state index contributed by atoms with van der Waals surface area (Å²) in [6.45, 7) is 2.54. The number of phenolic OH excluding ortho intramolecular Hbond substituents is 1. The lowest BCUT2D eigenvalue weighted by Gasteiger charge is -2.27. The maximum atomic E-state index is 12.6. The number of aromatic amines is 1. The molecule has 1 aliphatic rings. The maximum Gasteiger partial charge on any atom is 0.252 e. The van der Waals surface area contributed by atoms with Crippen molar-refractivity contribution >= 4 is 16.9 Å². The van der Waals surface area contributed by atoms with Gasteiger partial charge in [-0.25, -0.2) is 4.98 Å². The van der Waals surface area contributed by atoms with Crippen LogP contribution in [0.3, 0.4) is 0 Å². The van der Waals surface area contributed by atoms with Crippen molar-refractivity contribution in [1.29, 1.82) is 0 Å². The zero-order valence-electron chi connectivity index (χ0n) is 12.9. The Hall–Kier alpha value is -2.93. The molecule has 7 heteroatoms. The molecule has 1 aliphatic heterocycles. The van der Waals surface area contributed by atoms with Gasteiger partial charge in [0.25, 0.3) is 5.91 Å². The molecule has 0 aliphatic carbocycles. The average Bonchev–Trinajstić information content (AvgIpc) is 3.01. The van der Waals surface area contributed by atoms with Crippen LogP contribution >= 0.6 is 0 Å². The highest BCUT2D eigenvalue weighted by Gasteiger charge is 2.20. The molecule has 1 amide bonds. The van der Waals surface area contributed by atoms with Crippen molar-refractivity contribution in [2.45, 2.75) is 0 Å². The van der Waals surface area contributed by atoms with Crippen LogP contribution in [0.15, 0.2) is 36.5 Å². The number of benzene rings is 1.